The summed E-state index contributed by atoms with van der Waals surface area (Å²) in [6, 6.07) is 8.11. The molecule has 0 saturated carbocycles. The average Bonchev–Trinajstić information content (AvgIpc) is 2.26. The molecule has 14 heavy (non-hydrogen) atoms. The molecule has 1 unspecified atom stereocenters. The van der Waals surface area contributed by atoms with E-state index in [1.807, 2.05) is 24.3 Å². The van der Waals surface area contributed by atoms with Crippen LogP contribution in [-0.2, 0) is 6.42 Å². The van der Waals surface area contributed by atoms with Crippen LogP contribution in [0.3, 0.4) is 0 Å². The average molecular weight is 190 g/mol. The molecular formula is C12H14O2. The van der Waals surface area contributed by atoms with Gasteiger partial charge in [-0.3, -0.25) is 0 Å². The molecule has 0 saturated heterocycles. The first-order chi connectivity index (χ1) is 6.90. The molecule has 0 fully saturated rings. The fourth-order valence-corrected chi connectivity index (χ4v) is 1.73. The number of fused-ring (bicyclic) bond motifs is 1. The molecule has 74 valence electrons. The molecule has 0 radical (unpaired) electrons. The Balaban J connectivity index is 2.09. The maximum absolute atomic E-state index is 8.66. The zero-order valence-corrected chi connectivity index (χ0v) is 8.02. The minimum Gasteiger partial charge on any atom is -0.493 e. The number of aliphatic hydroxyl groups excluding tert-OH is 1. The van der Waals surface area contributed by atoms with Crippen LogP contribution >= 0.6 is 0 Å². The summed E-state index contributed by atoms with van der Waals surface area (Å²) < 4.78 is 5.60. The van der Waals surface area contributed by atoms with Gasteiger partial charge in [-0.2, -0.15) is 0 Å². The van der Waals surface area contributed by atoms with Crippen molar-refractivity contribution in [3.63, 3.8) is 0 Å². The zero-order chi connectivity index (χ0) is 9.80. The largest absolute Gasteiger partial charge is 0.493 e. The van der Waals surface area contributed by atoms with E-state index in [0.29, 0.717) is 12.5 Å². The van der Waals surface area contributed by atoms with Crippen LogP contribution in [0.2, 0.25) is 0 Å². The molecule has 1 atom stereocenters. The van der Waals surface area contributed by atoms with Gasteiger partial charge in [-0.05, 0) is 18.1 Å². The molecule has 2 nitrogen and oxygen atoms in total. The fraction of sp³-hybridized carbons (Fsp3) is 0.333. The Labute approximate surface area is 83.8 Å². The van der Waals surface area contributed by atoms with Gasteiger partial charge in [0.15, 0.2) is 0 Å². The van der Waals surface area contributed by atoms with E-state index in [1.54, 1.807) is 6.08 Å². The first-order valence-electron chi connectivity index (χ1n) is 4.88. The van der Waals surface area contributed by atoms with E-state index in [9.17, 15) is 0 Å². The van der Waals surface area contributed by atoms with E-state index in [2.05, 4.69) is 6.07 Å². The Hall–Kier alpha value is -1.28. The second-order valence-corrected chi connectivity index (χ2v) is 3.49. The molecule has 0 aromatic heterocycles. The molecule has 1 aliphatic heterocycles. The summed E-state index contributed by atoms with van der Waals surface area (Å²) in [5, 5.41) is 8.66. The van der Waals surface area contributed by atoms with Gasteiger partial charge in [-0.1, -0.05) is 30.4 Å². The lowest BCUT2D eigenvalue weighted by Gasteiger charge is -2.22. The minimum absolute atomic E-state index is 0.109. The number of hydrogen-bond donors (Lipinski definition) is 1. The minimum atomic E-state index is 0.109. The van der Waals surface area contributed by atoms with Crippen molar-refractivity contribution in [3.05, 3.63) is 42.0 Å². The van der Waals surface area contributed by atoms with E-state index >= 15 is 0 Å². The van der Waals surface area contributed by atoms with Crippen LogP contribution < -0.4 is 4.74 Å². The Morgan fingerprint density at radius 2 is 2.29 bits per heavy atom. The van der Waals surface area contributed by atoms with Crippen LogP contribution in [0, 0.1) is 5.92 Å². The highest BCUT2D eigenvalue weighted by atomic mass is 16.5. The highest BCUT2D eigenvalue weighted by Gasteiger charge is 2.16. The predicted molar refractivity (Wildman–Crippen MR) is 55.4 cm³/mol. The first-order valence-corrected chi connectivity index (χ1v) is 4.88. The summed E-state index contributed by atoms with van der Waals surface area (Å²) in [5.41, 5.74) is 1.26. The Kier molecular flexibility index (Phi) is 2.84. The van der Waals surface area contributed by atoms with Gasteiger partial charge < -0.3 is 9.84 Å². The SMILES string of the molecule is OC/C=C/C1COc2ccccc2C1. The Morgan fingerprint density at radius 3 is 3.14 bits per heavy atom. The summed E-state index contributed by atoms with van der Waals surface area (Å²) in [7, 11) is 0. The molecule has 2 rings (SSSR count). The molecular weight excluding hydrogens is 176 g/mol. The quantitative estimate of drug-likeness (QED) is 0.720. The van der Waals surface area contributed by atoms with Gasteiger partial charge in [0.2, 0.25) is 0 Å². The number of para-hydroxylation sites is 1. The Bertz CT molecular complexity index is 331. The summed E-state index contributed by atoms with van der Waals surface area (Å²) in [5.74, 6) is 1.40. The molecule has 1 N–H and O–H groups in total. The highest BCUT2D eigenvalue weighted by Crippen LogP contribution is 2.27. The molecule has 0 bridgehead atoms. The zero-order valence-electron chi connectivity index (χ0n) is 8.02. The van der Waals surface area contributed by atoms with Gasteiger partial charge in [0.1, 0.15) is 5.75 Å². The first kappa shape index (κ1) is 9.28. The summed E-state index contributed by atoms with van der Waals surface area (Å²) in [4.78, 5) is 0. The molecule has 2 heteroatoms. The predicted octanol–water partition coefficient (Wildman–Crippen LogP) is 1.79. The molecule has 0 amide bonds. The van der Waals surface area contributed by atoms with Crippen molar-refractivity contribution in [2.75, 3.05) is 13.2 Å². The normalized spacial score (nSPS) is 20.5. The smallest absolute Gasteiger partial charge is 0.122 e. The lowest BCUT2D eigenvalue weighted by atomic mass is 9.96. The second kappa shape index (κ2) is 4.29. The number of rotatable bonds is 2. The maximum atomic E-state index is 8.66. The van der Waals surface area contributed by atoms with Gasteiger partial charge >= 0.3 is 0 Å². The maximum Gasteiger partial charge on any atom is 0.122 e. The lowest BCUT2D eigenvalue weighted by Crippen LogP contribution is -2.18. The molecule has 1 aliphatic rings. The highest BCUT2D eigenvalue weighted by molar-refractivity contribution is 5.35. The van der Waals surface area contributed by atoms with Crippen LogP contribution in [-0.4, -0.2) is 18.3 Å². The number of benzene rings is 1. The molecule has 0 spiro atoms. The summed E-state index contributed by atoms with van der Waals surface area (Å²) >= 11 is 0. The van der Waals surface area contributed by atoms with Crippen LogP contribution in [0.1, 0.15) is 5.56 Å². The third-order valence-electron chi connectivity index (χ3n) is 2.42. The lowest BCUT2D eigenvalue weighted by molar-refractivity contribution is 0.248. The van der Waals surface area contributed by atoms with Crippen molar-refractivity contribution in [1.82, 2.24) is 0 Å². The standard InChI is InChI=1S/C12H14O2/c13-7-3-4-10-8-11-5-1-2-6-12(11)14-9-10/h1-6,10,13H,7-9H2/b4-3+. The van der Waals surface area contributed by atoms with Gasteiger partial charge in [0.05, 0.1) is 13.2 Å². The van der Waals surface area contributed by atoms with Gasteiger partial charge in [-0.15, -0.1) is 0 Å². The van der Waals surface area contributed by atoms with E-state index < -0.39 is 0 Å². The summed E-state index contributed by atoms with van der Waals surface area (Å²) in [6.07, 6.45) is 4.81. The van der Waals surface area contributed by atoms with Crippen molar-refractivity contribution < 1.29 is 9.84 Å². The van der Waals surface area contributed by atoms with Crippen LogP contribution in [0.4, 0.5) is 0 Å². The van der Waals surface area contributed by atoms with E-state index in [1.165, 1.54) is 5.56 Å². The van der Waals surface area contributed by atoms with Gasteiger partial charge in [0.25, 0.3) is 0 Å². The molecule has 0 aliphatic carbocycles. The van der Waals surface area contributed by atoms with E-state index in [4.69, 9.17) is 9.84 Å². The van der Waals surface area contributed by atoms with Crippen LogP contribution in [0.5, 0.6) is 5.75 Å². The topological polar surface area (TPSA) is 29.5 Å². The van der Waals surface area contributed by atoms with Crippen LogP contribution in [0.25, 0.3) is 0 Å². The van der Waals surface area contributed by atoms with Crippen molar-refractivity contribution in [3.8, 4) is 5.75 Å². The van der Waals surface area contributed by atoms with E-state index in [-0.39, 0.29) is 6.61 Å². The monoisotopic (exact) mass is 190 g/mol. The number of aliphatic hydroxyl groups is 1. The van der Waals surface area contributed by atoms with Crippen molar-refractivity contribution >= 4 is 0 Å². The van der Waals surface area contributed by atoms with E-state index in [0.717, 1.165) is 12.2 Å². The number of ether oxygens (including phenoxy) is 1. The molecule has 1 aromatic rings. The van der Waals surface area contributed by atoms with Crippen molar-refractivity contribution in [2.45, 2.75) is 6.42 Å². The van der Waals surface area contributed by atoms with Gasteiger partial charge in [0, 0.05) is 5.92 Å². The van der Waals surface area contributed by atoms with Crippen LogP contribution in [0.15, 0.2) is 36.4 Å². The van der Waals surface area contributed by atoms with Crippen molar-refractivity contribution in [1.29, 1.82) is 0 Å². The Morgan fingerprint density at radius 1 is 1.43 bits per heavy atom. The molecule has 1 heterocycles. The van der Waals surface area contributed by atoms with Gasteiger partial charge in [-0.25, -0.2) is 0 Å². The van der Waals surface area contributed by atoms with Crippen molar-refractivity contribution in [2.24, 2.45) is 5.92 Å². The molecule has 1 aromatic carbocycles. The summed E-state index contributed by atoms with van der Waals surface area (Å²) in [6.45, 7) is 0.825. The second-order valence-electron chi connectivity index (χ2n) is 3.49. The third-order valence-corrected chi connectivity index (χ3v) is 2.42. The fourth-order valence-electron chi connectivity index (χ4n) is 1.73. The third kappa shape index (κ3) is 1.96. The number of hydrogen-bond acceptors (Lipinski definition) is 2.